The van der Waals surface area contributed by atoms with Crippen LogP contribution in [0.3, 0.4) is 0 Å². The number of nitrogens with zero attached hydrogens (tertiary/aromatic N) is 1. The van der Waals surface area contributed by atoms with Crippen LogP contribution in [0, 0.1) is 5.92 Å². The molecule has 1 unspecified atom stereocenters. The van der Waals surface area contributed by atoms with Gasteiger partial charge in [0.2, 0.25) is 5.91 Å². The van der Waals surface area contributed by atoms with Gasteiger partial charge in [-0.15, -0.1) is 11.3 Å². The van der Waals surface area contributed by atoms with Crippen molar-refractivity contribution in [2.75, 3.05) is 23.7 Å². The summed E-state index contributed by atoms with van der Waals surface area (Å²) in [5.74, 6) is -0.917. The van der Waals surface area contributed by atoms with Crippen molar-refractivity contribution in [1.82, 2.24) is 4.31 Å². The predicted molar refractivity (Wildman–Crippen MR) is 125 cm³/mol. The van der Waals surface area contributed by atoms with E-state index in [0.29, 0.717) is 40.5 Å². The highest BCUT2D eigenvalue weighted by Gasteiger charge is 2.33. The van der Waals surface area contributed by atoms with Crippen LogP contribution in [0.25, 0.3) is 0 Å². The summed E-state index contributed by atoms with van der Waals surface area (Å²) in [6, 6.07) is 19.0. The standard InChI is InChI=1S/C23H23N3O4S2/c27-22(17-7-2-1-3-8-17)24-19-10-4-11-20(15-19)25-23(28)18-9-5-13-26(16-18)32(29,30)21-12-6-14-31-21/h1-4,6-8,10-12,14-15,18H,5,9,13,16H2,(H,24,27)(H,25,28). The zero-order valence-corrected chi connectivity index (χ0v) is 18.9. The topological polar surface area (TPSA) is 95.6 Å². The molecule has 0 saturated carbocycles. The Labute approximate surface area is 191 Å². The summed E-state index contributed by atoms with van der Waals surface area (Å²) in [6.45, 7) is 0.557. The van der Waals surface area contributed by atoms with Gasteiger partial charge < -0.3 is 10.6 Å². The van der Waals surface area contributed by atoms with Crippen molar-refractivity contribution in [3.63, 3.8) is 0 Å². The van der Waals surface area contributed by atoms with Crippen LogP contribution >= 0.6 is 11.3 Å². The van der Waals surface area contributed by atoms with E-state index in [1.807, 2.05) is 6.07 Å². The molecule has 1 saturated heterocycles. The van der Waals surface area contributed by atoms with E-state index in [4.69, 9.17) is 0 Å². The Morgan fingerprint density at radius 3 is 2.41 bits per heavy atom. The lowest BCUT2D eigenvalue weighted by Gasteiger charge is -2.30. The largest absolute Gasteiger partial charge is 0.326 e. The van der Waals surface area contributed by atoms with Gasteiger partial charge in [-0.25, -0.2) is 8.42 Å². The quantitative estimate of drug-likeness (QED) is 0.570. The van der Waals surface area contributed by atoms with Gasteiger partial charge in [-0.1, -0.05) is 30.3 Å². The van der Waals surface area contributed by atoms with Crippen molar-refractivity contribution < 1.29 is 18.0 Å². The molecule has 2 N–H and O–H groups in total. The second kappa shape index (κ2) is 9.64. The van der Waals surface area contributed by atoms with Gasteiger partial charge in [0.15, 0.2) is 0 Å². The number of thiophene rings is 1. The summed E-state index contributed by atoms with van der Waals surface area (Å²) in [5, 5.41) is 7.41. The maximum atomic E-state index is 12.9. The first-order chi connectivity index (χ1) is 15.4. The second-order valence-corrected chi connectivity index (χ2v) is 10.6. The molecule has 1 aliphatic rings. The molecule has 4 rings (SSSR count). The molecular formula is C23H23N3O4S2. The van der Waals surface area contributed by atoms with E-state index in [0.717, 1.165) is 0 Å². The fourth-order valence-electron chi connectivity index (χ4n) is 3.62. The van der Waals surface area contributed by atoms with E-state index in [9.17, 15) is 18.0 Å². The number of hydrogen-bond acceptors (Lipinski definition) is 5. The van der Waals surface area contributed by atoms with Crippen LogP contribution in [0.4, 0.5) is 11.4 Å². The Morgan fingerprint density at radius 1 is 0.938 bits per heavy atom. The van der Waals surface area contributed by atoms with Crippen LogP contribution in [0.15, 0.2) is 76.3 Å². The van der Waals surface area contributed by atoms with Crippen molar-refractivity contribution in [2.45, 2.75) is 17.1 Å². The molecule has 2 amide bonds. The van der Waals surface area contributed by atoms with Crippen LogP contribution in [-0.4, -0.2) is 37.6 Å². The van der Waals surface area contributed by atoms with E-state index in [1.165, 1.54) is 15.6 Å². The summed E-state index contributed by atoms with van der Waals surface area (Å²) < 4.78 is 27.3. The highest BCUT2D eigenvalue weighted by atomic mass is 32.2. The first-order valence-electron chi connectivity index (χ1n) is 10.2. The summed E-state index contributed by atoms with van der Waals surface area (Å²) >= 11 is 1.18. The number of benzene rings is 2. The van der Waals surface area contributed by atoms with Gasteiger partial charge in [-0.3, -0.25) is 9.59 Å². The molecule has 1 aromatic heterocycles. The average Bonchev–Trinajstić information content (AvgIpc) is 3.36. The lowest BCUT2D eigenvalue weighted by molar-refractivity contribution is -0.120. The molecule has 3 aromatic rings. The van der Waals surface area contributed by atoms with Gasteiger partial charge in [-0.05, 0) is 54.6 Å². The van der Waals surface area contributed by atoms with E-state index < -0.39 is 15.9 Å². The molecule has 9 heteroatoms. The zero-order chi connectivity index (χ0) is 22.6. The SMILES string of the molecule is O=C(Nc1cccc(NC(=O)C2CCCN(S(=O)(=O)c3cccs3)C2)c1)c1ccccc1. The molecule has 32 heavy (non-hydrogen) atoms. The Balaban J connectivity index is 1.40. The van der Waals surface area contributed by atoms with Gasteiger partial charge in [0, 0.05) is 30.0 Å². The number of carbonyl (C=O) groups excluding carboxylic acids is 2. The maximum absolute atomic E-state index is 12.9. The minimum atomic E-state index is -3.58. The van der Waals surface area contributed by atoms with Crippen LogP contribution in [-0.2, 0) is 14.8 Å². The highest BCUT2D eigenvalue weighted by Crippen LogP contribution is 2.27. The molecule has 0 radical (unpaired) electrons. The van der Waals surface area contributed by atoms with Crippen LogP contribution in [0.1, 0.15) is 23.2 Å². The number of nitrogens with one attached hydrogen (secondary N) is 2. The zero-order valence-electron chi connectivity index (χ0n) is 17.2. The number of anilines is 2. The lowest BCUT2D eigenvalue weighted by Crippen LogP contribution is -2.43. The summed E-state index contributed by atoms with van der Waals surface area (Å²) in [4.78, 5) is 25.2. The number of piperidine rings is 1. The number of carbonyl (C=O) groups is 2. The molecule has 2 heterocycles. The van der Waals surface area contributed by atoms with Gasteiger partial charge in [0.1, 0.15) is 4.21 Å². The minimum Gasteiger partial charge on any atom is -0.326 e. The van der Waals surface area contributed by atoms with Crippen LogP contribution in [0.5, 0.6) is 0 Å². The predicted octanol–water partition coefficient (Wildman–Crippen LogP) is 4.04. The maximum Gasteiger partial charge on any atom is 0.255 e. The van der Waals surface area contributed by atoms with Gasteiger partial charge in [-0.2, -0.15) is 4.31 Å². The van der Waals surface area contributed by atoms with Crippen molar-refractivity contribution in [2.24, 2.45) is 5.92 Å². The van der Waals surface area contributed by atoms with E-state index in [1.54, 1.807) is 66.0 Å². The average molecular weight is 470 g/mol. The molecule has 0 bridgehead atoms. The molecule has 1 aliphatic heterocycles. The normalized spacial score (nSPS) is 16.9. The number of amides is 2. The Hall–Kier alpha value is -3.01. The second-order valence-electron chi connectivity index (χ2n) is 7.52. The first kappa shape index (κ1) is 22.2. The van der Waals surface area contributed by atoms with E-state index in [2.05, 4.69) is 10.6 Å². The monoisotopic (exact) mass is 469 g/mol. The van der Waals surface area contributed by atoms with Crippen molar-refractivity contribution in [1.29, 1.82) is 0 Å². The molecule has 166 valence electrons. The summed E-state index contributed by atoms with van der Waals surface area (Å²) in [5.41, 5.74) is 1.64. The number of sulfonamides is 1. The molecule has 2 aromatic carbocycles. The lowest BCUT2D eigenvalue weighted by atomic mass is 9.98. The van der Waals surface area contributed by atoms with Crippen LogP contribution < -0.4 is 10.6 Å². The molecule has 1 fully saturated rings. The smallest absolute Gasteiger partial charge is 0.255 e. The fourth-order valence-corrected chi connectivity index (χ4v) is 6.29. The minimum absolute atomic E-state index is 0.149. The third-order valence-electron chi connectivity index (χ3n) is 5.27. The fraction of sp³-hybridized carbons (Fsp3) is 0.217. The Kier molecular flexibility index (Phi) is 6.69. The molecular weight excluding hydrogens is 446 g/mol. The van der Waals surface area contributed by atoms with Gasteiger partial charge in [0.05, 0.1) is 5.92 Å². The van der Waals surface area contributed by atoms with Gasteiger partial charge in [0.25, 0.3) is 15.9 Å². The van der Waals surface area contributed by atoms with Crippen molar-refractivity contribution in [3.8, 4) is 0 Å². The third kappa shape index (κ3) is 5.07. The van der Waals surface area contributed by atoms with E-state index in [-0.39, 0.29) is 18.4 Å². The van der Waals surface area contributed by atoms with Gasteiger partial charge >= 0.3 is 0 Å². The summed E-state index contributed by atoms with van der Waals surface area (Å²) in [7, 11) is -3.58. The molecule has 7 nitrogen and oxygen atoms in total. The number of hydrogen-bond donors (Lipinski definition) is 2. The molecule has 0 spiro atoms. The molecule has 1 atom stereocenters. The summed E-state index contributed by atoms with van der Waals surface area (Å²) in [6.07, 6.45) is 1.24. The molecule has 0 aliphatic carbocycles. The third-order valence-corrected chi connectivity index (χ3v) is 8.51. The highest BCUT2D eigenvalue weighted by molar-refractivity contribution is 7.91. The Bertz CT molecular complexity index is 1190. The number of rotatable bonds is 6. The van der Waals surface area contributed by atoms with Crippen LogP contribution in [0.2, 0.25) is 0 Å². The first-order valence-corrected chi connectivity index (χ1v) is 12.6. The van der Waals surface area contributed by atoms with Crippen molar-refractivity contribution in [3.05, 3.63) is 77.7 Å². The van der Waals surface area contributed by atoms with E-state index >= 15 is 0 Å². The van der Waals surface area contributed by atoms with Crippen molar-refractivity contribution >= 4 is 44.5 Å². The Morgan fingerprint density at radius 2 is 1.69 bits per heavy atom.